The van der Waals surface area contributed by atoms with E-state index in [1.54, 1.807) is 7.05 Å². The summed E-state index contributed by atoms with van der Waals surface area (Å²) in [5.41, 5.74) is 0. The molecule has 142 valence electrons. The number of likely N-dealkylation sites (tertiary alicyclic amines) is 1. The predicted molar refractivity (Wildman–Crippen MR) is 99.0 cm³/mol. The summed E-state index contributed by atoms with van der Waals surface area (Å²) in [4.78, 5) is 7.60. The van der Waals surface area contributed by atoms with E-state index in [0.29, 0.717) is 38.6 Å². The normalized spacial score (nSPS) is 22.4. The van der Waals surface area contributed by atoms with Crippen LogP contribution in [-0.4, -0.2) is 81.5 Å². The van der Waals surface area contributed by atoms with Crippen LogP contribution in [-0.2, 0) is 4.74 Å². The minimum Gasteiger partial charge on any atom is -0.379 e. The Morgan fingerprint density at radius 3 is 2.62 bits per heavy atom. The lowest BCUT2D eigenvalue weighted by atomic mass is 10.3. The Labute approximate surface area is 159 Å². The first-order valence-corrected chi connectivity index (χ1v) is 8.18. The molecule has 2 rings (SSSR count). The molecule has 0 bridgehead atoms. The number of nitrogens with zero attached hydrogens (tertiary/aromatic N) is 3. The molecule has 24 heavy (non-hydrogen) atoms. The van der Waals surface area contributed by atoms with Gasteiger partial charge in [-0.05, 0) is 25.2 Å². The fourth-order valence-electron chi connectivity index (χ4n) is 2.72. The van der Waals surface area contributed by atoms with E-state index in [9.17, 15) is 13.2 Å². The van der Waals surface area contributed by atoms with Gasteiger partial charge in [-0.2, -0.15) is 13.2 Å². The first-order chi connectivity index (χ1) is 10.9. The summed E-state index contributed by atoms with van der Waals surface area (Å²) in [6.45, 7) is 2.19. The van der Waals surface area contributed by atoms with Gasteiger partial charge in [-0.3, -0.25) is 9.89 Å². The van der Waals surface area contributed by atoms with Gasteiger partial charge in [0.1, 0.15) is 0 Å². The molecule has 2 aliphatic rings. The molecular weight excluding hydrogens is 436 g/mol. The van der Waals surface area contributed by atoms with Crippen molar-refractivity contribution in [3.8, 4) is 0 Å². The SMILES string of the molecule is CN=C(NC1CCN(CC(F)(F)F)C1)N(C)CCOCC1CC1.I. The lowest BCUT2D eigenvalue weighted by Crippen LogP contribution is -2.46. The van der Waals surface area contributed by atoms with Crippen molar-refractivity contribution in [1.82, 2.24) is 15.1 Å². The van der Waals surface area contributed by atoms with Gasteiger partial charge in [0.15, 0.2) is 5.96 Å². The maximum atomic E-state index is 12.4. The van der Waals surface area contributed by atoms with Crippen LogP contribution in [0.25, 0.3) is 0 Å². The van der Waals surface area contributed by atoms with E-state index in [0.717, 1.165) is 12.5 Å². The highest BCUT2D eigenvalue weighted by atomic mass is 127. The van der Waals surface area contributed by atoms with Crippen molar-refractivity contribution >= 4 is 29.9 Å². The molecule has 1 unspecified atom stereocenters. The predicted octanol–water partition coefficient (Wildman–Crippen LogP) is 2.17. The number of likely N-dealkylation sites (N-methyl/N-ethyl adjacent to an activating group) is 1. The zero-order chi connectivity index (χ0) is 16.9. The van der Waals surface area contributed by atoms with E-state index in [-0.39, 0.29) is 30.0 Å². The van der Waals surface area contributed by atoms with E-state index < -0.39 is 12.7 Å². The molecule has 0 amide bonds. The highest BCUT2D eigenvalue weighted by molar-refractivity contribution is 14.0. The van der Waals surface area contributed by atoms with Crippen molar-refractivity contribution < 1.29 is 17.9 Å². The maximum absolute atomic E-state index is 12.4. The number of hydrogen-bond acceptors (Lipinski definition) is 3. The van der Waals surface area contributed by atoms with Crippen molar-refractivity contribution in [2.45, 2.75) is 31.5 Å². The third-order valence-corrected chi connectivity index (χ3v) is 4.20. The third-order valence-electron chi connectivity index (χ3n) is 4.20. The van der Waals surface area contributed by atoms with Gasteiger partial charge in [0, 0.05) is 46.4 Å². The standard InChI is InChI=1S/C15H27F3N4O.HI/c1-19-14(21(2)7-8-23-10-12-3-4-12)20-13-5-6-22(9-13)11-15(16,17)18;/h12-13H,3-11H2,1-2H3,(H,19,20);1H. The van der Waals surface area contributed by atoms with Crippen LogP contribution in [0.15, 0.2) is 4.99 Å². The van der Waals surface area contributed by atoms with Gasteiger partial charge < -0.3 is 15.0 Å². The van der Waals surface area contributed by atoms with Crippen LogP contribution in [0.1, 0.15) is 19.3 Å². The van der Waals surface area contributed by atoms with Crippen molar-refractivity contribution in [3.63, 3.8) is 0 Å². The molecule has 1 N–H and O–H groups in total. The topological polar surface area (TPSA) is 40.1 Å². The summed E-state index contributed by atoms with van der Waals surface area (Å²) in [7, 11) is 3.60. The molecule has 1 saturated heterocycles. The monoisotopic (exact) mass is 464 g/mol. The largest absolute Gasteiger partial charge is 0.401 e. The van der Waals surface area contributed by atoms with E-state index in [1.807, 2.05) is 11.9 Å². The second kappa shape index (κ2) is 10.0. The van der Waals surface area contributed by atoms with Crippen LogP contribution in [0.4, 0.5) is 13.2 Å². The number of nitrogens with one attached hydrogen (secondary N) is 1. The molecule has 1 saturated carbocycles. The average Bonchev–Trinajstić information content (AvgIpc) is 3.19. The molecule has 1 heterocycles. The zero-order valence-electron chi connectivity index (χ0n) is 14.3. The van der Waals surface area contributed by atoms with E-state index in [1.165, 1.54) is 17.7 Å². The van der Waals surface area contributed by atoms with Crippen LogP contribution < -0.4 is 5.32 Å². The van der Waals surface area contributed by atoms with Crippen LogP contribution in [0.3, 0.4) is 0 Å². The molecule has 1 aliphatic heterocycles. The quantitative estimate of drug-likeness (QED) is 0.272. The summed E-state index contributed by atoms with van der Waals surface area (Å²) in [6.07, 6.45) is -0.891. The number of hydrogen-bond donors (Lipinski definition) is 1. The Morgan fingerprint density at radius 2 is 2.04 bits per heavy atom. The summed E-state index contributed by atoms with van der Waals surface area (Å²) in [5, 5.41) is 3.25. The van der Waals surface area contributed by atoms with E-state index in [2.05, 4.69) is 10.3 Å². The first kappa shape index (κ1) is 21.8. The summed E-state index contributed by atoms with van der Waals surface area (Å²) >= 11 is 0. The highest BCUT2D eigenvalue weighted by Gasteiger charge is 2.34. The number of guanidine groups is 1. The lowest BCUT2D eigenvalue weighted by molar-refractivity contribution is -0.143. The average molecular weight is 464 g/mol. The molecule has 0 radical (unpaired) electrons. The molecular formula is C15H28F3IN4O. The number of ether oxygens (including phenoxy) is 1. The second-order valence-corrected chi connectivity index (χ2v) is 6.47. The number of halogens is 4. The van der Waals surface area contributed by atoms with Crippen molar-refractivity contribution in [3.05, 3.63) is 0 Å². The molecule has 1 atom stereocenters. The van der Waals surface area contributed by atoms with Gasteiger partial charge in [0.05, 0.1) is 13.2 Å². The molecule has 0 aromatic rings. The summed E-state index contributed by atoms with van der Waals surface area (Å²) < 4.78 is 42.9. The Balaban J connectivity index is 0.00000288. The van der Waals surface area contributed by atoms with Gasteiger partial charge >= 0.3 is 6.18 Å². The first-order valence-electron chi connectivity index (χ1n) is 8.18. The molecule has 9 heteroatoms. The molecule has 5 nitrogen and oxygen atoms in total. The Hall–Kier alpha value is -0.290. The Morgan fingerprint density at radius 1 is 1.33 bits per heavy atom. The van der Waals surface area contributed by atoms with Crippen LogP contribution in [0.2, 0.25) is 0 Å². The fourth-order valence-corrected chi connectivity index (χ4v) is 2.72. The van der Waals surface area contributed by atoms with Crippen molar-refractivity contribution in [2.75, 3.05) is 53.5 Å². The fraction of sp³-hybridized carbons (Fsp3) is 0.933. The number of alkyl halides is 3. The van der Waals surface area contributed by atoms with Crippen molar-refractivity contribution in [1.29, 1.82) is 0 Å². The second-order valence-electron chi connectivity index (χ2n) is 6.47. The molecule has 1 aliphatic carbocycles. The Bertz CT molecular complexity index is 405. The smallest absolute Gasteiger partial charge is 0.379 e. The maximum Gasteiger partial charge on any atom is 0.401 e. The van der Waals surface area contributed by atoms with Gasteiger partial charge in [-0.25, -0.2) is 0 Å². The van der Waals surface area contributed by atoms with Crippen LogP contribution in [0, 0.1) is 5.92 Å². The third kappa shape index (κ3) is 8.19. The number of rotatable bonds is 7. The van der Waals surface area contributed by atoms with Gasteiger partial charge in [0.2, 0.25) is 0 Å². The number of aliphatic imine (C=N–C) groups is 1. The molecule has 0 spiro atoms. The minimum atomic E-state index is -4.13. The van der Waals surface area contributed by atoms with Gasteiger partial charge in [-0.15, -0.1) is 24.0 Å². The lowest BCUT2D eigenvalue weighted by Gasteiger charge is -2.25. The van der Waals surface area contributed by atoms with Crippen LogP contribution in [0.5, 0.6) is 0 Å². The minimum absolute atomic E-state index is 0. The molecule has 0 aromatic carbocycles. The molecule has 2 fully saturated rings. The van der Waals surface area contributed by atoms with E-state index in [4.69, 9.17) is 4.74 Å². The van der Waals surface area contributed by atoms with E-state index >= 15 is 0 Å². The van der Waals surface area contributed by atoms with Crippen LogP contribution >= 0.6 is 24.0 Å². The summed E-state index contributed by atoms with van der Waals surface area (Å²) in [5.74, 6) is 1.45. The molecule has 0 aromatic heterocycles. The zero-order valence-corrected chi connectivity index (χ0v) is 16.6. The highest BCUT2D eigenvalue weighted by Crippen LogP contribution is 2.28. The van der Waals surface area contributed by atoms with Crippen molar-refractivity contribution in [2.24, 2.45) is 10.9 Å². The summed E-state index contributed by atoms with van der Waals surface area (Å²) in [6, 6.07) is 0.00545. The Kier molecular flexibility index (Phi) is 9.07. The van der Waals surface area contributed by atoms with Gasteiger partial charge in [0.25, 0.3) is 0 Å². The van der Waals surface area contributed by atoms with Gasteiger partial charge in [-0.1, -0.05) is 0 Å².